The van der Waals surface area contributed by atoms with E-state index in [-0.39, 0.29) is 6.61 Å². The molecule has 0 saturated carbocycles. The molecule has 0 spiro atoms. The largest absolute Gasteiger partial charge is 0.481 e. The van der Waals surface area contributed by atoms with E-state index in [1.165, 1.54) is 13.3 Å². The van der Waals surface area contributed by atoms with Crippen LogP contribution in [0.3, 0.4) is 0 Å². The molecule has 0 amide bonds. The van der Waals surface area contributed by atoms with Crippen LogP contribution in [0.15, 0.2) is 33.9 Å². The number of hydrogen-bond donors (Lipinski definition) is 1. The van der Waals surface area contributed by atoms with Crippen molar-refractivity contribution in [2.45, 2.75) is 6.92 Å². The smallest absolute Gasteiger partial charge is 0.218 e. The number of nitrogens with zero attached hydrogens (tertiary/aromatic N) is 2. The lowest BCUT2D eigenvalue weighted by Gasteiger charge is -2.06. The van der Waals surface area contributed by atoms with E-state index in [0.29, 0.717) is 17.2 Å². The van der Waals surface area contributed by atoms with E-state index in [2.05, 4.69) is 16.6 Å². The van der Waals surface area contributed by atoms with Gasteiger partial charge in [-0.1, -0.05) is 12.7 Å². The molecule has 0 unspecified atom stereocenters. The molecular weight excluding hydrogens is 180 g/mol. The zero-order chi connectivity index (χ0) is 11.0. The molecule has 0 aromatic heterocycles. The first-order valence-corrected chi connectivity index (χ1v) is 4.19. The lowest BCUT2D eigenvalue weighted by molar-refractivity contribution is 0.325. The van der Waals surface area contributed by atoms with Crippen LogP contribution in [0.1, 0.15) is 6.92 Å². The first-order chi connectivity index (χ1) is 6.69. The number of hydrogen-bond acceptors (Lipinski definition) is 4. The van der Waals surface area contributed by atoms with Crippen LogP contribution in [-0.2, 0) is 4.74 Å². The molecule has 0 bridgehead atoms. The third-order valence-electron chi connectivity index (χ3n) is 1.51. The van der Waals surface area contributed by atoms with Crippen LogP contribution in [-0.4, -0.2) is 38.0 Å². The van der Waals surface area contributed by atoms with Crippen molar-refractivity contribution < 1.29 is 9.84 Å². The number of ether oxygens (including phenoxy) is 1. The van der Waals surface area contributed by atoms with Gasteiger partial charge in [-0.05, 0) is 6.92 Å². The van der Waals surface area contributed by atoms with Gasteiger partial charge in [0.25, 0.3) is 0 Å². The third-order valence-corrected chi connectivity index (χ3v) is 1.51. The zero-order valence-corrected chi connectivity index (χ0v) is 8.82. The first-order valence-electron chi connectivity index (χ1n) is 4.19. The highest BCUT2D eigenvalue weighted by atomic mass is 16.5. The summed E-state index contributed by atoms with van der Waals surface area (Å²) in [7, 11) is 3.13. The molecule has 0 atom stereocenters. The summed E-state index contributed by atoms with van der Waals surface area (Å²) in [6.45, 7) is 5.35. The monoisotopic (exact) mass is 196 g/mol. The van der Waals surface area contributed by atoms with Crippen molar-refractivity contribution in [3.8, 4) is 0 Å². The number of aliphatic hydroxyl groups excluding tert-OH is 1. The van der Waals surface area contributed by atoms with Crippen molar-refractivity contribution in [1.82, 2.24) is 0 Å². The van der Waals surface area contributed by atoms with Crippen LogP contribution in [0.25, 0.3) is 0 Å². The van der Waals surface area contributed by atoms with Gasteiger partial charge in [-0.15, -0.1) is 0 Å². The molecule has 0 aliphatic carbocycles. The van der Waals surface area contributed by atoms with E-state index >= 15 is 0 Å². The Labute approximate surface area is 84.3 Å². The molecule has 0 rings (SSSR count). The van der Waals surface area contributed by atoms with E-state index in [4.69, 9.17) is 9.84 Å². The van der Waals surface area contributed by atoms with E-state index in [0.717, 1.165) is 0 Å². The zero-order valence-electron chi connectivity index (χ0n) is 8.82. The summed E-state index contributed by atoms with van der Waals surface area (Å²) in [6.07, 6.45) is 3.25. The van der Waals surface area contributed by atoms with Gasteiger partial charge in [0.15, 0.2) is 0 Å². The highest BCUT2D eigenvalue weighted by Gasteiger charge is 2.04. The Kier molecular flexibility index (Phi) is 6.32. The highest BCUT2D eigenvalue weighted by molar-refractivity contribution is 5.96. The van der Waals surface area contributed by atoms with Crippen molar-refractivity contribution >= 4 is 12.1 Å². The second-order valence-corrected chi connectivity index (χ2v) is 2.47. The van der Waals surface area contributed by atoms with Gasteiger partial charge >= 0.3 is 0 Å². The second kappa shape index (κ2) is 7.03. The Morgan fingerprint density at radius 2 is 2.21 bits per heavy atom. The summed E-state index contributed by atoms with van der Waals surface area (Å²) in [4.78, 5) is 7.81. The van der Waals surface area contributed by atoms with Gasteiger partial charge in [0.1, 0.15) is 0 Å². The molecule has 0 aromatic rings. The van der Waals surface area contributed by atoms with Gasteiger partial charge in [0, 0.05) is 18.8 Å². The molecular formula is C10H16N2O2. The Morgan fingerprint density at radius 3 is 2.57 bits per heavy atom. The molecule has 0 radical (unpaired) electrons. The van der Waals surface area contributed by atoms with E-state index in [9.17, 15) is 0 Å². The van der Waals surface area contributed by atoms with E-state index < -0.39 is 0 Å². The van der Waals surface area contributed by atoms with E-state index in [1.54, 1.807) is 20.0 Å². The Balaban J connectivity index is 4.79. The summed E-state index contributed by atoms with van der Waals surface area (Å²) >= 11 is 0. The average molecular weight is 196 g/mol. The molecule has 0 aliphatic rings. The third kappa shape index (κ3) is 4.00. The van der Waals surface area contributed by atoms with Crippen molar-refractivity contribution in [3.63, 3.8) is 0 Å². The van der Waals surface area contributed by atoms with Gasteiger partial charge < -0.3 is 9.84 Å². The highest BCUT2D eigenvalue weighted by Crippen LogP contribution is 2.01. The Hall–Kier alpha value is -1.42. The van der Waals surface area contributed by atoms with Crippen LogP contribution in [0.4, 0.5) is 0 Å². The summed E-state index contributed by atoms with van der Waals surface area (Å²) in [5, 5.41) is 8.98. The van der Waals surface area contributed by atoms with Gasteiger partial charge in [0.05, 0.1) is 19.4 Å². The molecule has 0 fully saturated rings. The SMILES string of the molecule is C=C(C=NC)N=C(OC)/C(=C\C)CO. The maximum atomic E-state index is 8.98. The fourth-order valence-corrected chi connectivity index (χ4v) is 0.839. The van der Waals surface area contributed by atoms with Gasteiger partial charge in [-0.2, -0.15) is 0 Å². The lowest BCUT2D eigenvalue weighted by atomic mass is 10.2. The van der Waals surface area contributed by atoms with Crippen LogP contribution >= 0.6 is 0 Å². The average Bonchev–Trinajstić information content (AvgIpc) is 2.18. The Morgan fingerprint density at radius 1 is 1.57 bits per heavy atom. The Bertz CT molecular complexity index is 278. The molecule has 4 heteroatoms. The molecule has 14 heavy (non-hydrogen) atoms. The van der Waals surface area contributed by atoms with Gasteiger partial charge in [-0.3, -0.25) is 4.99 Å². The van der Waals surface area contributed by atoms with Crippen molar-refractivity contribution in [1.29, 1.82) is 0 Å². The maximum Gasteiger partial charge on any atom is 0.218 e. The standard InChI is InChI=1S/C10H16N2O2/c1-5-9(7-13)10(14-4)12-8(2)6-11-3/h5-6,13H,2,7H2,1,3-4H3/b9-5-,11-6?,12-10?. The number of aliphatic hydroxyl groups is 1. The first kappa shape index (κ1) is 12.6. The summed E-state index contributed by atoms with van der Waals surface area (Å²) < 4.78 is 5.01. The van der Waals surface area contributed by atoms with E-state index in [1.807, 2.05) is 0 Å². The molecule has 4 nitrogen and oxygen atoms in total. The molecule has 0 aromatic carbocycles. The summed E-state index contributed by atoms with van der Waals surface area (Å²) in [5.74, 6) is 0.361. The summed E-state index contributed by atoms with van der Waals surface area (Å²) in [6, 6.07) is 0. The summed E-state index contributed by atoms with van der Waals surface area (Å²) in [5.41, 5.74) is 1.11. The molecule has 0 saturated heterocycles. The number of methoxy groups -OCH3 is 1. The molecule has 78 valence electrons. The number of allylic oxidation sites excluding steroid dienone is 2. The molecule has 0 aliphatic heterocycles. The van der Waals surface area contributed by atoms with Gasteiger partial charge in [0.2, 0.25) is 5.90 Å². The fraction of sp³-hybridized carbons (Fsp3) is 0.400. The minimum atomic E-state index is -0.111. The van der Waals surface area contributed by atoms with Crippen molar-refractivity contribution in [2.75, 3.05) is 20.8 Å². The van der Waals surface area contributed by atoms with Crippen molar-refractivity contribution in [2.24, 2.45) is 9.98 Å². The number of aliphatic imine (C=N–C) groups is 2. The van der Waals surface area contributed by atoms with Crippen LogP contribution in [0, 0.1) is 0 Å². The normalized spacial score (nSPS) is 13.4. The van der Waals surface area contributed by atoms with Crippen LogP contribution < -0.4 is 0 Å². The number of rotatable bonds is 4. The fourth-order valence-electron chi connectivity index (χ4n) is 0.839. The quantitative estimate of drug-likeness (QED) is 0.542. The predicted octanol–water partition coefficient (Wildman–Crippen LogP) is 1.18. The molecule has 0 heterocycles. The minimum absolute atomic E-state index is 0.111. The van der Waals surface area contributed by atoms with Crippen LogP contribution in [0.5, 0.6) is 0 Å². The predicted molar refractivity (Wildman–Crippen MR) is 58.8 cm³/mol. The molecule has 1 N–H and O–H groups in total. The van der Waals surface area contributed by atoms with Gasteiger partial charge in [-0.25, -0.2) is 4.99 Å². The second-order valence-electron chi connectivity index (χ2n) is 2.47. The minimum Gasteiger partial charge on any atom is -0.481 e. The maximum absolute atomic E-state index is 8.98. The topological polar surface area (TPSA) is 54.2 Å². The lowest BCUT2D eigenvalue weighted by Crippen LogP contribution is -2.09. The van der Waals surface area contributed by atoms with Crippen LogP contribution in [0.2, 0.25) is 0 Å². The van der Waals surface area contributed by atoms with Crippen molar-refractivity contribution in [3.05, 3.63) is 23.9 Å².